The molecule has 0 aliphatic rings. The monoisotopic (exact) mass is 308 g/mol. The highest BCUT2D eigenvalue weighted by atomic mass is 16.5. The minimum absolute atomic E-state index is 0.115. The molecule has 2 amide bonds. The first-order valence-corrected chi connectivity index (χ1v) is 6.82. The third-order valence-corrected chi connectivity index (χ3v) is 2.89. The summed E-state index contributed by atoms with van der Waals surface area (Å²) in [4.78, 5) is 34.7. The number of carbonyl (C=O) groups is 3. The Balaban J connectivity index is 2.80. The molecule has 22 heavy (non-hydrogen) atoms. The Morgan fingerprint density at radius 3 is 2.41 bits per heavy atom. The van der Waals surface area contributed by atoms with Crippen LogP contribution in [-0.4, -0.2) is 36.2 Å². The quantitative estimate of drug-likeness (QED) is 0.698. The summed E-state index contributed by atoms with van der Waals surface area (Å²) in [5.41, 5.74) is 0.441. The normalized spacial score (nSPS) is 11.6. The Hall–Kier alpha value is -2.57. The number of para-hydroxylation sites is 1. The van der Waals surface area contributed by atoms with Crippen LogP contribution in [0.3, 0.4) is 0 Å². The van der Waals surface area contributed by atoms with Crippen LogP contribution in [0.15, 0.2) is 24.3 Å². The number of rotatable bonds is 6. The molecule has 0 fully saturated rings. The molecule has 7 nitrogen and oxygen atoms in total. The van der Waals surface area contributed by atoms with E-state index >= 15 is 0 Å². The van der Waals surface area contributed by atoms with E-state index in [4.69, 9.17) is 5.11 Å². The average Bonchev–Trinajstić information content (AvgIpc) is 2.45. The lowest BCUT2D eigenvalue weighted by molar-refractivity contribution is -0.139. The zero-order valence-electron chi connectivity index (χ0n) is 12.8. The van der Waals surface area contributed by atoms with E-state index in [0.717, 1.165) is 0 Å². The molecule has 0 saturated heterocycles. The van der Waals surface area contributed by atoms with Crippen LogP contribution in [0.2, 0.25) is 0 Å². The highest BCUT2D eigenvalue weighted by molar-refractivity contribution is 6.01. The largest absolute Gasteiger partial charge is 0.480 e. The smallest absolute Gasteiger partial charge is 0.339 e. The predicted octanol–water partition coefficient (Wildman–Crippen LogP) is 2.09. The van der Waals surface area contributed by atoms with Crippen LogP contribution >= 0.6 is 0 Å². The SMILES string of the molecule is COC(=O)c1ccccc1NC(=O)NC(CC(C)C)C(=O)O. The molecule has 0 heterocycles. The first kappa shape index (κ1) is 17.5. The van der Waals surface area contributed by atoms with Crippen molar-refractivity contribution in [3.63, 3.8) is 0 Å². The summed E-state index contributed by atoms with van der Waals surface area (Å²) in [6.07, 6.45) is 0.307. The molecule has 1 rings (SSSR count). The number of benzene rings is 1. The van der Waals surface area contributed by atoms with E-state index < -0.39 is 24.0 Å². The molecule has 0 aromatic heterocycles. The van der Waals surface area contributed by atoms with Crippen LogP contribution in [0.4, 0.5) is 10.5 Å². The van der Waals surface area contributed by atoms with Gasteiger partial charge in [-0.1, -0.05) is 26.0 Å². The molecule has 0 spiro atoms. The first-order valence-electron chi connectivity index (χ1n) is 6.82. The van der Waals surface area contributed by atoms with Gasteiger partial charge in [-0.25, -0.2) is 14.4 Å². The number of nitrogens with one attached hydrogen (secondary N) is 2. The molecule has 0 radical (unpaired) electrons. The second kappa shape index (κ2) is 8.02. The molecule has 0 saturated carbocycles. The Bertz CT molecular complexity index is 557. The van der Waals surface area contributed by atoms with Crippen molar-refractivity contribution in [2.45, 2.75) is 26.3 Å². The van der Waals surface area contributed by atoms with Crippen molar-refractivity contribution in [3.8, 4) is 0 Å². The molecule has 3 N–H and O–H groups in total. The molecule has 0 aliphatic heterocycles. The van der Waals surface area contributed by atoms with Crippen molar-refractivity contribution in [2.75, 3.05) is 12.4 Å². The van der Waals surface area contributed by atoms with Gasteiger partial charge in [0.1, 0.15) is 6.04 Å². The number of urea groups is 1. The van der Waals surface area contributed by atoms with Crippen LogP contribution in [-0.2, 0) is 9.53 Å². The van der Waals surface area contributed by atoms with Crippen molar-refractivity contribution in [1.29, 1.82) is 0 Å². The van der Waals surface area contributed by atoms with E-state index in [1.807, 2.05) is 13.8 Å². The number of aliphatic carboxylic acids is 1. The lowest BCUT2D eigenvalue weighted by atomic mass is 10.0. The molecular weight excluding hydrogens is 288 g/mol. The third kappa shape index (κ3) is 5.08. The number of hydrogen-bond acceptors (Lipinski definition) is 4. The van der Waals surface area contributed by atoms with E-state index in [-0.39, 0.29) is 17.2 Å². The summed E-state index contributed by atoms with van der Waals surface area (Å²) in [6, 6.07) is 4.63. The van der Waals surface area contributed by atoms with Crippen LogP contribution < -0.4 is 10.6 Å². The molecule has 120 valence electrons. The summed E-state index contributed by atoms with van der Waals surface area (Å²) in [6.45, 7) is 3.73. The van der Waals surface area contributed by atoms with Gasteiger partial charge in [-0.3, -0.25) is 0 Å². The molecule has 1 atom stereocenters. The number of amides is 2. The molecule has 7 heteroatoms. The number of anilines is 1. The highest BCUT2D eigenvalue weighted by Gasteiger charge is 2.22. The van der Waals surface area contributed by atoms with Gasteiger partial charge in [-0.2, -0.15) is 0 Å². The van der Waals surface area contributed by atoms with Gasteiger partial charge in [-0.05, 0) is 24.5 Å². The number of carboxylic acid groups (broad SMARTS) is 1. The Kier molecular flexibility index (Phi) is 6.37. The lowest BCUT2D eigenvalue weighted by Gasteiger charge is -2.17. The maximum Gasteiger partial charge on any atom is 0.339 e. The van der Waals surface area contributed by atoms with Crippen LogP contribution in [0.25, 0.3) is 0 Å². The van der Waals surface area contributed by atoms with E-state index in [2.05, 4.69) is 15.4 Å². The van der Waals surface area contributed by atoms with Gasteiger partial charge in [-0.15, -0.1) is 0 Å². The second-order valence-corrected chi connectivity index (χ2v) is 5.16. The molecule has 0 bridgehead atoms. The van der Waals surface area contributed by atoms with Gasteiger partial charge in [0.2, 0.25) is 0 Å². The van der Waals surface area contributed by atoms with Crippen molar-refractivity contribution >= 4 is 23.7 Å². The van der Waals surface area contributed by atoms with E-state index in [9.17, 15) is 14.4 Å². The van der Waals surface area contributed by atoms with Crippen LogP contribution in [0, 0.1) is 5.92 Å². The first-order chi connectivity index (χ1) is 10.3. The minimum Gasteiger partial charge on any atom is -0.480 e. The van der Waals surface area contributed by atoms with Crippen LogP contribution in [0.1, 0.15) is 30.6 Å². The number of carboxylic acids is 1. The fraction of sp³-hybridized carbons (Fsp3) is 0.400. The minimum atomic E-state index is -1.11. The average molecular weight is 308 g/mol. The van der Waals surface area contributed by atoms with E-state index in [0.29, 0.717) is 6.42 Å². The van der Waals surface area contributed by atoms with Crippen LogP contribution in [0.5, 0.6) is 0 Å². The number of methoxy groups -OCH3 is 1. The third-order valence-electron chi connectivity index (χ3n) is 2.89. The number of esters is 1. The van der Waals surface area contributed by atoms with Gasteiger partial charge < -0.3 is 20.5 Å². The molecule has 1 unspecified atom stereocenters. The van der Waals surface area contributed by atoms with Gasteiger partial charge in [0.25, 0.3) is 0 Å². The summed E-state index contributed by atoms with van der Waals surface area (Å²) in [7, 11) is 1.24. The lowest BCUT2D eigenvalue weighted by Crippen LogP contribution is -2.43. The van der Waals surface area contributed by atoms with Crippen molar-refractivity contribution < 1.29 is 24.2 Å². The van der Waals surface area contributed by atoms with Gasteiger partial charge >= 0.3 is 18.0 Å². The van der Waals surface area contributed by atoms with E-state index in [1.54, 1.807) is 12.1 Å². The van der Waals surface area contributed by atoms with Gasteiger partial charge in [0.05, 0.1) is 18.4 Å². The number of carbonyl (C=O) groups excluding carboxylic acids is 2. The number of hydrogen-bond donors (Lipinski definition) is 3. The molecular formula is C15H20N2O5. The fourth-order valence-electron chi connectivity index (χ4n) is 1.89. The zero-order valence-corrected chi connectivity index (χ0v) is 12.8. The van der Waals surface area contributed by atoms with Crippen molar-refractivity contribution in [1.82, 2.24) is 5.32 Å². The standard InChI is InChI=1S/C15H20N2O5/c1-9(2)8-12(13(18)19)17-15(21)16-11-7-5-4-6-10(11)14(20)22-3/h4-7,9,12H,8H2,1-3H3,(H,18,19)(H2,16,17,21). The molecule has 1 aromatic rings. The maximum absolute atomic E-state index is 11.9. The zero-order chi connectivity index (χ0) is 16.7. The molecule has 0 aliphatic carbocycles. The topological polar surface area (TPSA) is 105 Å². The highest BCUT2D eigenvalue weighted by Crippen LogP contribution is 2.16. The maximum atomic E-state index is 11.9. The second-order valence-electron chi connectivity index (χ2n) is 5.16. The summed E-state index contributed by atoms with van der Waals surface area (Å²) >= 11 is 0. The fourth-order valence-corrected chi connectivity index (χ4v) is 1.89. The van der Waals surface area contributed by atoms with Crippen molar-refractivity contribution in [3.05, 3.63) is 29.8 Å². The Morgan fingerprint density at radius 1 is 1.23 bits per heavy atom. The summed E-state index contributed by atoms with van der Waals surface area (Å²) < 4.78 is 4.63. The van der Waals surface area contributed by atoms with Gasteiger partial charge in [0, 0.05) is 0 Å². The number of ether oxygens (including phenoxy) is 1. The predicted molar refractivity (Wildman–Crippen MR) is 80.8 cm³/mol. The summed E-state index contributed by atoms with van der Waals surface area (Å²) in [5, 5.41) is 14.0. The summed E-state index contributed by atoms with van der Waals surface area (Å²) in [5.74, 6) is -1.58. The van der Waals surface area contributed by atoms with Gasteiger partial charge in [0.15, 0.2) is 0 Å². The van der Waals surface area contributed by atoms with E-state index in [1.165, 1.54) is 19.2 Å². The molecule has 1 aromatic carbocycles. The Morgan fingerprint density at radius 2 is 1.86 bits per heavy atom. The van der Waals surface area contributed by atoms with Crippen molar-refractivity contribution in [2.24, 2.45) is 5.92 Å². The Labute approximate surface area is 128 Å².